The molecule has 0 fully saturated rings. The van der Waals surface area contributed by atoms with Crippen molar-refractivity contribution in [3.05, 3.63) is 87.3 Å². The lowest BCUT2D eigenvalue weighted by atomic mass is 10.1. The maximum atomic E-state index is 12.5. The summed E-state index contributed by atoms with van der Waals surface area (Å²) in [7, 11) is 0. The van der Waals surface area contributed by atoms with Crippen LogP contribution >= 0.6 is 11.8 Å². The molecule has 0 radical (unpaired) electrons. The van der Waals surface area contributed by atoms with Crippen molar-refractivity contribution in [3.8, 4) is 0 Å². The number of carbonyl (C=O) groups excluding carboxylic acids is 2. The second-order valence-corrected chi connectivity index (χ2v) is 8.97. The van der Waals surface area contributed by atoms with Crippen LogP contribution in [0.4, 0.5) is 5.69 Å². The number of carbonyl (C=O) groups is 2. The average molecular weight is 466 g/mol. The number of aromatic nitrogens is 2. The van der Waals surface area contributed by atoms with Gasteiger partial charge in [-0.2, -0.15) is 0 Å². The molecule has 0 spiro atoms. The minimum absolute atomic E-state index is 0.0819. The van der Waals surface area contributed by atoms with Crippen LogP contribution in [0.1, 0.15) is 41.0 Å². The normalized spacial score (nSPS) is 10.8. The molecule has 7 nitrogen and oxygen atoms in total. The summed E-state index contributed by atoms with van der Waals surface area (Å²) in [4.78, 5) is 44.0. The molecular weight excluding hydrogens is 438 g/mol. The van der Waals surface area contributed by atoms with Gasteiger partial charge in [-0.3, -0.25) is 9.59 Å². The van der Waals surface area contributed by atoms with Gasteiger partial charge in [0.25, 0.3) is 5.56 Å². The van der Waals surface area contributed by atoms with Crippen molar-refractivity contribution < 1.29 is 14.3 Å². The van der Waals surface area contributed by atoms with Crippen LogP contribution in [0.2, 0.25) is 0 Å². The van der Waals surface area contributed by atoms with Gasteiger partial charge in [0.15, 0.2) is 5.16 Å². The van der Waals surface area contributed by atoms with Crippen LogP contribution in [0.15, 0.2) is 64.5 Å². The highest BCUT2D eigenvalue weighted by molar-refractivity contribution is 7.99. The smallest absolute Gasteiger partial charge is 0.338 e. The number of rotatable bonds is 9. The van der Waals surface area contributed by atoms with E-state index in [2.05, 4.69) is 15.3 Å². The van der Waals surface area contributed by atoms with Crippen LogP contribution in [0, 0.1) is 12.8 Å². The van der Waals surface area contributed by atoms with Gasteiger partial charge in [-0.05, 0) is 42.7 Å². The van der Waals surface area contributed by atoms with Crippen molar-refractivity contribution in [2.24, 2.45) is 5.92 Å². The molecule has 0 saturated carbocycles. The average Bonchev–Trinajstić information content (AvgIpc) is 2.79. The molecule has 1 amide bonds. The summed E-state index contributed by atoms with van der Waals surface area (Å²) >= 11 is 1.16. The van der Waals surface area contributed by atoms with Crippen molar-refractivity contribution in [1.82, 2.24) is 9.97 Å². The molecule has 0 aliphatic rings. The van der Waals surface area contributed by atoms with Gasteiger partial charge in [0.1, 0.15) is 0 Å². The van der Waals surface area contributed by atoms with Gasteiger partial charge in [-0.15, -0.1) is 0 Å². The van der Waals surface area contributed by atoms with Crippen LogP contribution in [-0.2, 0) is 16.0 Å². The highest BCUT2D eigenvalue weighted by atomic mass is 32.2. The van der Waals surface area contributed by atoms with E-state index in [1.165, 1.54) is 0 Å². The first-order valence-electron chi connectivity index (χ1n) is 10.7. The zero-order valence-electron chi connectivity index (χ0n) is 18.9. The molecule has 1 heterocycles. The van der Waals surface area contributed by atoms with Crippen molar-refractivity contribution in [1.29, 1.82) is 0 Å². The summed E-state index contributed by atoms with van der Waals surface area (Å²) in [5, 5.41) is 3.17. The molecule has 0 unspecified atom stereocenters. The number of nitrogens with zero attached hydrogens (tertiary/aromatic N) is 1. The second-order valence-electron chi connectivity index (χ2n) is 8.00. The number of anilines is 1. The Morgan fingerprint density at radius 1 is 1.09 bits per heavy atom. The Labute approximate surface area is 197 Å². The van der Waals surface area contributed by atoms with Gasteiger partial charge in [0.05, 0.1) is 17.9 Å². The van der Waals surface area contributed by atoms with Crippen LogP contribution in [-0.4, -0.2) is 34.2 Å². The minimum atomic E-state index is -0.391. The Morgan fingerprint density at radius 3 is 2.42 bits per heavy atom. The summed E-state index contributed by atoms with van der Waals surface area (Å²) in [5.41, 5.74) is 3.08. The first-order valence-corrected chi connectivity index (χ1v) is 11.6. The standard InChI is InChI=1S/C25H27N3O4S/c1-16(2)14-32-24(31)19-9-11-20(12-10-19)27-22(29)15-33-25-26-17(3)21(23(30)28-25)13-18-7-5-4-6-8-18/h4-12,16H,13-15H2,1-3H3,(H,27,29)(H,26,28,30). The predicted octanol–water partition coefficient (Wildman–Crippen LogP) is 4.21. The maximum absolute atomic E-state index is 12.5. The van der Waals surface area contributed by atoms with Crippen LogP contribution in [0.25, 0.3) is 0 Å². The molecule has 0 saturated heterocycles. The van der Waals surface area contributed by atoms with Gasteiger partial charge >= 0.3 is 5.97 Å². The lowest BCUT2D eigenvalue weighted by molar-refractivity contribution is -0.113. The summed E-state index contributed by atoms with van der Waals surface area (Å²) in [5.74, 6) is -0.293. The number of ether oxygens (including phenoxy) is 1. The summed E-state index contributed by atoms with van der Waals surface area (Å²) in [6.45, 7) is 6.09. The number of esters is 1. The second kappa shape index (κ2) is 11.5. The van der Waals surface area contributed by atoms with Gasteiger partial charge in [-0.25, -0.2) is 9.78 Å². The van der Waals surface area contributed by atoms with E-state index in [0.717, 1.165) is 17.3 Å². The number of hydrogen-bond acceptors (Lipinski definition) is 6. The maximum Gasteiger partial charge on any atom is 0.338 e. The summed E-state index contributed by atoms with van der Waals surface area (Å²) in [6, 6.07) is 16.2. The molecule has 0 bridgehead atoms. The molecule has 3 aromatic rings. The molecule has 2 N–H and O–H groups in total. The number of aromatic amines is 1. The Bertz CT molecular complexity index is 1160. The highest BCUT2D eigenvalue weighted by Gasteiger charge is 2.12. The zero-order chi connectivity index (χ0) is 23.8. The molecular formula is C25H27N3O4S. The van der Waals surface area contributed by atoms with Crippen LogP contribution in [0.3, 0.4) is 0 Å². The largest absolute Gasteiger partial charge is 0.462 e. The SMILES string of the molecule is Cc1nc(SCC(=O)Nc2ccc(C(=O)OCC(C)C)cc2)[nH]c(=O)c1Cc1ccccc1. The van der Waals surface area contributed by atoms with Crippen molar-refractivity contribution in [2.75, 3.05) is 17.7 Å². The van der Waals surface area contributed by atoms with Gasteiger partial charge < -0.3 is 15.0 Å². The van der Waals surface area contributed by atoms with Gasteiger partial charge in [0.2, 0.25) is 5.91 Å². The molecule has 0 aliphatic carbocycles. The van der Waals surface area contributed by atoms with E-state index in [1.807, 2.05) is 44.2 Å². The fourth-order valence-electron chi connectivity index (χ4n) is 3.01. The van der Waals surface area contributed by atoms with Gasteiger partial charge in [-0.1, -0.05) is 55.9 Å². The number of amides is 1. The van der Waals surface area contributed by atoms with E-state index in [1.54, 1.807) is 31.2 Å². The zero-order valence-corrected chi connectivity index (χ0v) is 19.7. The Balaban J connectivity index is 1.54. The number of nitrogens with one attached hydrogen (secondary N) is 2. The lowest BCUT2D eigenvalue weighted by Gasteiger charge is -2.09. The number of hydrogen-bond donors (Lipinski definition) is 2. The highest BCUT2D eigenvalue weighted by Crippen LogP contribution is 2.16. The van der Waals surface area contributed by atoms with E-state index < -0.39 is 5.97 Å². The van der Waals surface area contributed by atoms with Crippen molar-refractivity contribution in [3.63, 3.8) is 0 Å². The molecule has 33 heavy (non-hydrogen) atoms. The molecule has 172 valence electrons. The Hall–Kier alpha value is -3.39. The van der Waals surface area contributed by atoms with E-state index in [4.69, 9.17) is 4.74 Å². The van der Waals surface area contributed by atoms with Crippen LogP contribution in [0.5, 0.6) is 0 Å². The number of H-pyrrole nitrogens is 1. The van der Waals surface area contributed by atoms with E-state index in [9.17, 15) is 14.4 Å². The summed E-state index contributed by atoms with van der Waals surface area (Å²) < 4.78 is 5.19. The Morgan fingerprint density at radius 2 is 1.79 bits per heavy atom. The van der Waals surface area contributed by atoms with Gasteiger partial charge in [0, 0.05) is 23.4 Å². The molecule has 1 aromatic heterocycles. The third kappa shape index (κ3) is 7.32. The van der Waals surface area contributed by atoms with Crippen molar-refractivity contribution >= 4 is 29.3 Å². The first kappa shape index (κ1) is 24.3. The van der Waals surface area contributed by atoms with Crippen molar-refractivity contribution in [2.45, 2.75) is 32.3 Å². The fraction of sp³-hybridized carbons (Fsp3) is 0.280. The number of benzene rings is 2. The molecule has 8 heteroatoms. The first-order chi connectivity index (χ1) is 15.8. The lowest BCUT2D eigenvalue weighted by Crippen LogP contribution is -2.19. The Kier molecular flexibility index (Phi) is 8.43. The molecule has 2 aromatic carbocycles. The number of thioether (sulfide) groups is 1. The van der Waals surface area contributed by atoms with E-state index >= 15 is 0 Å². The molecule has 0 atom stereocenters. The third-order valence-corrected chi connectivity index (χ3v) is 5.59. The third-order valence-electron chi connectivity index (χ3n) is 4.72. The molecule has 0 aliphatic heterocycles. The minimum Gasteiger partial charge on any atom is -0.462 e. The molecule has 3 rings (SSSR count). The number of aryl methyl sites for hydroxylation is 1. The summed E-state index contributed by atoms with van der Waals surface area (Å²) in [6.07, 6.45) is 0.501. The van der Waals surface area contributed by atoms with E-state index in [-0.39, 0.29) is 23.1 Å². The predicted molar refractivity (Wildman–Crippen MR) is 130 cm³/mol. The van der Waals surface area contributed by atoms with Crippen LogP contribution < -0.4 is 10.9 Å². The van der Waals surface area contributed by atoms with E-state index in [0.29, 0.717) is 40.7 Å². The monoisotopic (exact) mass is 465 g/mol. The topological polar surface area (TPSA) is 101 Å². The fourth-order valence-corrected chi connectivity index (χ4v) is 3.71. The quantitative estimate of drug-likeness (QED) is 0.279.